The Hall–Kier alpha value is -3.79. The molecule has 10 heteroatoms. The molecule has 1 atom stereocenters. The molecule has 3 amide bonds. The van der Waals surface area contributed by atoms with Gasteiger partial charge < -0.3 is 20.1 Å². The second kappa shape index (κ2) is 12.9. The monoisotopic (exact) mass is 453 g/mol. The van der Waals surface area contributed by atoms with Gasteiger partial charge in [0.25, 0.3) is 5.91 Å². The summed E-state index contributed by atoms with van der Waals surface area (Å²) in [4.78, 5) is 39.5. The fraction of sp³-hybridized carbons (Fsp3) is 0.348. The normalized spacial score (nSPS) is 15.2. The van der Waals surface area contributed by atoms with E-state index in [1.165, 1.54) is 6.21 Å². The van der Waals surface area contributed by atoms with Gasteiger partial charge in [-0.3, -0.25) is 19.4 Å². The number of nitrogens with one attached hydrogen (secondary N) is 3. The molecule has 2 heterocycles. The van der Waals surface area contributed by atoms with Gasteiger partial charge in [0.15, 0.2) is 6.61 Å². The van der Waals surface area contributed by atoms with Crippen molar-refractivity contribution in [2.75, 3.05) is 19.8 Å². The van der Waals surface area contributed by atoms with Crippen molar-refractivity contribution in [3.05, 3.63) is 59.9 Å². The summed E-state index contributed by atoms with van der Waals surface area (Å²) in [5.74, 6) is -0.603. The third kappa shape index (κ3) is 9.08. The molecule has 0 radical (unpaired) electrons. The summed E-state index contributed by atoms with van der Waals surface area (Å²) in [6.07, 6.45) is 6.48. The summed E-state index contributed by atoms with van der Waals surface area (Å²) in [5.41, 5.74) is 3.87. The zero-order valence-corrected chi connectivity index (χ0v) is 18.2. The van der Waals surface area contributed by atoms with Gasteiger partial charge in [0, 0.05) is 32.1 Å². The van der Waals surface area contributed by atoms with Gasteiger partial charge in [-0.2, -0.15) is 5.10 Å². The van der Waals surface area contributed by atoms with Crippen LogP contribution in [0.2, 0.25) is 0 Å². The molecule has 0 unspecified atom stereocenters. The van der Waals surface area contributed by atoms with Crippen LogP contribution in [-0.2, 0) is 25.7 Å². The lowest BCUT2D eigenvalue weighted by Gasteiger charge is -2.11. The fourth-order valence-corrected chi connectivity index (χ4v) is 3.01. The standard InChI is InChI=1S/C23H27N5O5/c29-21(25-13-18-3-1-9-24-12-18)11-22(30)28-27-14-17-5-7-19(8-6-17)33-16-23(31)26-15-20-4-2-10-32-20/h1,3,5-9,12,14,20H,2,4,10-11,13,15-16H2,(H,25,29)(H,26,31)(H,28,30)/b27-14+/t20-/m0/s1. The number of hydrogen-bond acceptors (Lipinski definition) is 7. The number of nitrogens with zero attached hydrogens (tertiary/aromatic N) is 2. The first-order valence-corrected chi connectivity index (χ1v) is 10.7. The van der Waals surface area contributed by atoms with Crippen LogP contribution in [0.3, 0.4) is 0 Å². The van der Waals surface area contributed by atoms with Crippen LogP contribution in [0, 0.1) is 0 Å². The number of benzene rings is 1. The molecule has 3 N–H and O–H groups in total. The lowest BCUT2D eigenvalue weighted by molar-refractivity contribution is -0.129. The Morgan fingerprint density at radius 1 is 1.12 bits per heavy atom. The van der Waals surface area contributed by atoms with Crippen LogP contribution in [-0.4, -0.2) is 54.8 Å². The first-order chi connectivity index (χ1) is 16.1. The minimum Gasteiger partial charge on any atom is -0.484 e. The van der Waals surface area contributed by atoms with E-state index in [1.54, 1.807) is 42.7 Å². The van der Waals surface area contributed by atoms with E-state index in [4.69, 9.17) is 9.47 Å². The summed E-state index contributed by atoms with van der Waals surface area (Å²) in [7, 11) is 0. The molecule has 0 aliphatic carbocycles. The van der Waals surface area contributed by atoms with E-state index in [9.17, 15) is 14.4 Å². The van der Waals surface area contributed by atoms with Crippen molar-refractivity contribution >= 4 is 23.9 Å². The molecule has 3 rings (SSSR count). The molecule has 2 aromatic rings. The summed E-state index contributed by atoms with van der Waals surface area (Å²) >= 11 is 0. The summed E-state index contributed by atoms with van der Waals surface area (Å²) in [6.45, 7) is 1.46. The highest BCUT2D eigenvalue weighted by atomic mass is 16.5. The number of amides is 3. The van der Waals surface area contributed by atoms with Crippen LogP contribution in [0.5, 0.6) is 5.75 Å². The Labute approximate surface area is 191 Å². The lowest BCUT2D eigenvalue weighted by atomic mass is 10.2. The van der Waals surface area contributed by atoms with Crippen LogP contribution in [0.25, 0.3) is 0 Å². The second-order valence-corrected chi connectivity index (χ2v) is 7.40. The van der Waals surface area contributed by atoms with Gasteiger partial charge in [-0.05, 0) is 54.3 Å². The highest BCUT2D eigenvalue weighted by Crippen LogP contribution is 2.12. The van der Waals surface area contributed by atoms with Crippen LogP contribution in [0.4, 0.5) is 0 Å². The average molecular weight is 453 g/mol. The molecule has 1 aromatic carbocycles. The third-order valence-electron chi connectivity index (χ3n) is 4.74. The maximum Gasteiger partial charge on any atom is 0.258 e. The van der Waals surface area contributed by atoms with Crippen molar-refractivity contribution in [2.45, 2.75) is 31.9 Å². The van der Waals surface area contributed by atoms with Gasteiger partial charge in [-0.1, -0.05) is 6.07 Å². The number of pyridine rings is 1. The molecule has 0 bridgehead atoms. The van der Waals surface area contributed by atoms with Gasteiger partial charge in [0.2, 0.25) is 11.8 Å². The Balaban J connectivity index is 1.31. The Kier molecular flexibility index (Phi) is 9.34. The van der Waals surface area contributed by atoms with E-state index in [2.05, 4.69) is 26.1 Å². The minimum absolute atomic E-state index is 0.0843. The molecule has 1 aromatic heterocycles. The molecular formula is C23H27N5O5. The predicted octanol–water partition coefficient (Wildman–Crippen LogP) is 0.912. The maximum absolute atomic E-state index is 11.9. The van der Waals surface area contributed by atoms with Gasteiger partial charge >= 0.3 is 0 Å². The number of rotatable bonds is 11. The number of hydrogen-bond donors (Lipinski definition) is 3. The lowest BCUT2D eigenvalue weighted by Crippen LogP contribution is -2.35. The highest BCUT2D eigenvalue weighted by Gasteiger charge is 2.16. The minimum atomic E-state index is -0.524. The van der Waals surface area contributed by atoms with Gasteiger partial charge in [-0.25, -0.2) is 5.43 Å². The van der Waals surface area contributed by atoms with Crippen LogP contribution in [0.15, 0.2) is 53.9 Å². The van der Waals surface area contributed by atoms with Gasteiger partial charge in [0.05, 0.1) is 12.3 Å². The van der Waals surface area contributed by atoms with E-state index in [1.807, 2.05) is 6.07 Å². The van der Waals surface area contributed by atoms with Crippen LogP contribution in [0.1, 0.15) is 30.4 Å². The molecule has 1 aliphatic rings. The second-order valence-electron chi connectivity index (χ2n) is 7.40. The molecule has 0 saturated carbocycles. The van der Waals surface area contributed by atoms with E-state index < -0.39 is 11.8 Å². The van der Waals surface area contributed by atoms with Gasteiger partial charge in [-0.15, -0.1) is 0 Å². The van der Waals surface area contributed by atoms with Crippen molar-refractivity contribution in [1.29, 1.82) is 0 Å². The van der Waals surface area contributed by atoms with Crippen molar-refractivity contribution in [3.8, 4) is 5.75 Å². The Morgan fingerprint density at radius 3 is 2.70 bits per heavy atom. The topological polar surface area (TPSA) is 131 Å². The Morgan fingerprint density at radius 2 is 1.97 bits per heavy atom. The molecule has 1 saturated heterocycles. The molecule has 1 fully saturated rings. The van der Waals surface area contributed by atoms with Crippen molar-refractivity contribution in [1.82, 2.24) is 21.0 Å². The first kappa shape index (κ1) is 23.9. The van der Waals surface area contributed by atoms with E-state index in [-0.39, 0.29) is 25.0 Å². The first-order valence-electron chi connectivity index (χ1n) is 10.7. The van der Waals surface area contributed by atoms with E-state index in [0.29, 0.717) is 24.4 Å². The number of carbonyl (C=O) groups is 3. The average Bonchev–Trinajstić information content (AvgIpc) is 3.35. The van der Waals surface area contributed by atoms with Gasteiger partial charge in [0.1, 0.15) is 12.2 Å². The maximum atomic E-state index is 11.9. The zero-order valence-electron chi connectivity index (χ0n) is 18.2. The van der Waals surface area contributed by atoms with E-state index in [0.717, 1.165) is 25.0 Å². The zero-order chi connectivity index (χ0) is 23.3. The summed E-state index contributed by atoms with van der Waals surface area (Å²) in [5, 5.41) is 9.29. The van der Waals surface area contributed by atoms with Crippen molar-refractivity contribution < 1.29 is 23.9 Å². The summed E-state index contributed by atoms with van der Waals surface area (Å²) < 4.78 is 10.9. The smallest absolute Gasteiger partial charge is 0.258 e. The molecule has 174 valence electrons. The largest absolute Gasteiger partial charge is 0.484 e. The van der Waals surface area contributed by atoms with E-state index >= 15 is 0 Å². The number of carbonyl (C=O) groups excluding carboxylic acids is 3. The van der Waals surface area contributed by atoms with Crippen molar-refractivity contribution in [3.63, 3.8) is 0 Å². The third-order valence-corrected chi connectivity index (χ3v) is 4.74. The molecular weight excluding hydrogens is 426 g/mol. The van der Waals surface area contributed by atoms with Crippen molar-refractivity contribution in [2.24, 2.45) is 5.10 Å². The number of hydrazone groups is 1. The summed E-state index contributed by atoms with van der Waals surface area (Å²) in [6, 6.07) is 10.5. The molecule has 1 aliphatic heterocycles. The molecule has 33 heavy (non-hydrogen) atoms. The molecule has 0 spiro atoms. The predicted molar refractivity (Wildman–Crippen MR) is 120 cm³/mol. The van der Waals surface area contributed by atoms with Crippen LogP contribution < -0.4 is 20.8 Å². The Bertz CT molecular complexity index is 943. The van der Waals surface area contributed by atoms with Crippen LogP contribution >= 0.6 is 0 Å². The molecule has 10 nitrogen and oxygen atoms in total. The number of aromatic nitrogens is 1. The fourth-order valence-electron chi connectivity index (χ4n) is 3.01. The highest BCUT2D eigenvalue weighted by molar-refractivity contribution is 5.97. The number of ether oxygens (including phenoxy) is 2. The SMILES string of the molecule is O=C(COc1ccc(/C=N/NC(=O)CC(=O)NCc2cccnc2)cc1)NC[C@@H]1CCCO1. The quantitative estimate of drug-likeness (QED) is 0.263.